The van der Waals surface area contributed by atoms with Crippen molar-refractivity contribution >= 4 is 11.8 Å². The van der Waals surface area contributed by atoms with Gasteiger partial charge in [-0.3, -0.25) is 9.59 Å². The second kappa shape index (κ2) is 4.68. The molecule has 0 saturated heterocycles. The van der Waals surface area contributed by atoms with Crippen LogP contribution < -0.4 is 0 Å². The minimum absolute atomic E-state index is 0.212. The van der Waals surface area contributed by atoms with E-state index in [1.165, 1.54) is 25.1 Å². The van der Waals surface area contributed by atoms with Gasteiger partial charge >= 0.3 is 5.97 Å². The van der Waals surface area contributed by atoms with Crippen LogP contribution in [0.4, 0.5) is 4.39 Å². The third-order valence-corrected chi connectivity index (χ3v) is 2.04. The lowest BCUT2D eigenvalue weighted by Gasteiger charge is -2.07. The van der Waals surface area contributed by atoms with Crippen molar-refractivity contribution in [2.75, 3.05) is 0 Å². The summed E-state index contributed by atoms with van der Waals surface area (Å²) in [6.45, 7) is 1.52. The fourth-order valence-electron chi connectivity index (χ4n) is 1.28. The van der Waals surface area contributed by atoms with Crippen molar-refractivity contribution in [3.05, 3.63) is 35.6 Å². The average Bonchev–Trinajstić information content (AvgIpc) is 2.15. The summed E-state index contributed by atoms with van der Waals surface area (Å²) in [4.78, 5) is 22.0. The van der Waals surface area contributed by atoms with Crippen molar-refractivity contribution in [1.29, 1.82) is 0 Å². The van der Waals surface area contributed by atoms with E-state index in [1.807, 2.05) is 0 Å². The zero-order valence-corrected chi connectivity index (χ0v) is 8.24. The Kier molecular flexibility index (Phi) is 3.55. The first-order valence-corrected chi connectivity index (χ1v) is 4.52. The molecular formula is C11H11FO3. The Morgan fingerprint density at radius 2 is 2.13 bits per heavy atom. The van der Waals surface area contributed by atoms with E-state index >= 15 is 0 Å². The lowest BCUT2D eigenvalue weighted by Crippen LogP contribution is -2.15. The Hall–Kier alpha value is -1.71. The van der Waals surface area contributed by atoms with Crippen LogP contribution in [0.1, 0.15) is 23.7 Å². The van der Waals surface area contributed by atoms with E-state index < -0.39 is 17.7 Å². The molecule has 0 unspecified atom stereocenters. The highest BCUT2D eigenvalue weighted by Gasteiger charge is 2.18. The lowest BCUT2D eigenvalue weighted by atomic mass is 9.96. The molecule has 1 rings (SSSR count). The maximum absolute atomic E-state index is 12.8. The van der Waals surface area contributed by atoms with Gasteiger partial charge in [0.2, 0.25) is 0 Å². The molecule has 1 atom stereocenters. The zero-order chi connectivity index (χ0) is 11.4. The third kappa shape index (κ3) is 3.16. The van der Waals surface area contributed by atoms with Gasteiger partial charge in [-0.05, 0) is 12.1 Å². The van der Waals surface area contributed by atoms with E-state index in [2.05, 4.69) is 0 Å². The van der Waals surface area contributed by atoms with Gasteiger partial charge in [-0.15, -0.1) is 0 Å². The molecule has 1 aromatic carbocycles. The van der Waals surface area contributed by atoms with Gasteiger partial charge < -0.3 is 5.11 Å². The molecule has 0 aliphatic heterocycles. The molecule has 0 amide bonds. The summed E-state index contributed by atoms with van der Waals surface area (Å²) in [7, 11) is 0. The fourth-order valence-corrected chi connectivity index (χ4v) is 1.28. The van der Waals surface area contributed by atoms with E-state index in [0.29, 0.717) is 0 Å². The number of ketones is 1. The summed E-state index contributed by atoms with van der Waals surface area (Å²) in [6.07, 6.45) is -0.241. The molecule has 0 spiro atoms. The minimum Gasteiger partial charge on any atom is -0.481 e. The number of hydrogen-bond donors (Lipinski definition) is 1. The predicted octanol–water partition coefficient (Wildman–Crippen LogP) is 2.12. The SMILES string of the molecule is C[C@H](CC(=O)O)C(=O)c1cccc(F)c1. The van der Waals surface area contributed by atoms with Crippen LogP contribution in [0.5, 0.6) is 0 Å². The first kappa shape index (κ1) is 11.4. The van der Waals surface area contributed by atoms with Gasteiger partial charge in [-0.2, -0.15) is 0 Å². The van der Waals surface area contributed by atoms with Crippen LogP contribution in [0.15, 0.2) is 24.3 Å². The number of benzene rings is 1. The lowest BCUT2D eigenvalue weighted by molar-refractivity contribution is -0.137. The van der Waals surface area contributed by atoms with Crippen LogP contribution in [0.3, 0.4) is 0 Å². The first-order chi connectivity index (χ1) is 7.00. The van der Waals surface area contributed by atoms with Crippen LogP contribution in [0.25, 0.3) is 0 Å². The highest BCUT2D eigenvalue weighted by atomic mass is 19.1. The summed E-state index contributed by atoms with van der Waals surface area (Å²) in [5, 5.41) is 8.51. The Morgan fingerprint density at radius 3 is 2.67 bits per heavy atom. The van der Waals surface area contributed by atoms with Crippen molar-refractivity contribution in [2.45, 2.75) is 13.3 Å². The fraction of sp³-hybridized carbons (Fsp3) is 0.273. The molecule has 0 radical (unpaired) electrons. The summed E-state index contributed by atoms with van der Waals surface area (Å²) in [6, 6.07) is 5.25. The average molecular weight is 210 g/mol. The Morgan fingerprint density at radius 1 is 1.47 bits per heavy atom. The molecule has 80 valence electrons. The molecule has 0 aliphatic carbocycles. The maximum Gasteiger partial charge on any atom is 0.304 e. The number of halogens is 1. The normalized spacial score (nSPS) is 12.1. The number of carbonyl (C=O) groups excluding carboxylic acids is 1. The smallest absolute Gasteiger partial charge is 0.304 e. The number of aliphatic carboxylic acids is 1. The third-order valence-electron chi connectivity index (χ3n) is 2.04. The standard InChI is InChI=1S/C11H11FO3/c1-7(5-10(13)14)11(15)8-3-2-4-9(12)6-8/h2-4,6-7H,5H2,1H3,(H,13,14)/t7-/m1/s1. The molecule has 3 nitrogen and oxygen atoms in total. The van der Waals surface area contributed by atoms with E-state index in [-0.39, 0.29) is 17.8 Å². The molecule has 0 aliphatic rings. The molecule has 0 heterocycles. The van der Waals surface area contributed by atoms with E-state index in [9.17, 15) is 14.0 Å². The predicted molar refractivity (Wildman–Crippen MR) is 52.1 cm³/mol. The summed E-state index contributed by atoms with van der Waals surface area (Å²) in [5.74, 6) is -2.52. The molecule has 0 saturated carbocycles. The molecule has 0 aromatic heterocycles. The van der Waals surface area contributed by atoms with Gasteiger partial charge in [0.05, 0.1) is 6.42 Å². The van der Waals surface area contributed by atoms with Gasteiger partial charge in [-0.1, -0.05) is 19.1 Å². The highest BCUT2D eigenvalue weighted by molar-refractivity contribution is 5.99. The van der Waals surface area contributed by atoms with Gasteiger partial charge in [0.15, 0.2) is 5.78 Å². The maximum atomic E-state index is 12.8. The minimum atomic E-state index is -1.03. The summed E-state index contributed by atoms with van der Waals surface area (Å²) < 4.78 is 12.8. The van der Waals surface area contributed by atoms with Crippen molar-refractivity contribution < 1.29 is 19.1 Å². The zero-order valence-electron chi connectivity index (χ0n) is 8.24. The van der Waals surface area contributed by atoms with Crippen LogP contribution in [-0.4, -0.2) is 16.9 Å². The van der Waals surface area contributed by atoms with Gasteiger partial charge in [0.1, 0.15) is 5.82 Å². The molecular weight excluding hydrogens is 199 g/mol. The van der Waals surface area contributed by atoms with Crippen molar-refractivity contribution in [2.24, 2.45) is 5.92 Å². The van der Waals surface area contributed by atoms with E-state index in [4.69, 9.17) is 5.11 Å². The Labute approximate surface area is 86.5 Å². The van der Waals surface area contributed by atoms with Crippen molar-refractivity contribution in [3.63, 3.8) is 0 Å². The first-order valence-electron chi connectivity index (χ1n) is 4.52. The molecule has 1 N–H and O–H groups in total. The van der Waals surface area contributed by atoms with Gasteiger partial charge in [0.25, 0.3) is 0 Å². The molecule has 4 heteroatoms. The van der Waals surface area contributed by atoms with Crippen LogP contribution >= 0.6 is 0 Å². The molecule has 1 aromatic rings. The van der Waals surface area contributed by atoms with Crippen molar-refractivity contribution in [3.8, 4) is 0 Å². The van der Waals surface area contributed by atoms with E-state index in [0.717, 1.165) is 6.07 Å². The Bertz CT molecular complexity index is 387. The largest absolute Gasteiger partial charge is 0.481 e. The quantitative estimate of drug-likeness (QED) is 0.774. The molecule has 0 fully saturated rings. The number of rotatable bonds is 4. The number of Topliss-reactive ketones (excluding diaryl/α,β-unsaturated/α-hetero) is 1. The molecule has 0 bridgehead atoms. The topological polar surface area (TPSA) is 54.4 Å². The van der Waals surface area contributed by atoms with E-state index in [1.54, 1.807) is 0 Å². The van der Waals surface area contributed by atoms with Gasteiger partial charge in [0, 0.05) is 11.5 Å². The summed E-state index contributed by atoms with van der Waals surface area (Å²) in [5.41, 5.74) is 0.212. The number of carboxylic acid groups (broad SMARTS) is 1. The number of carboxylic acids is 1. The van der Waals surface area contributed by atoms with Crippen LogP contribution in [-0.2, 0) is 4.79 Å². The number of hydrogen-bond acceptors (Lipinski definition) is 2. The molecule has 15 heavy (non-hydrogen) atoms. The Balaban J connectivity index is 2.80. The second-order valence-corrected chi connectivity index (χ2v) is 3.37. The van der Waals surface area contributed by atoms with Crippen LogP contribution in [0.2, 0.25) is 0 Å². The highest BCUT2D eigenvalue weighted by Crippen LogP contribution is 2.13. The second-order valence-electron chi connectivity index (χ2n) is 3.37. The van der Waals surface area contributed by atoms with Crippen LogP contribution in [0, 0.1) is 11.7 Å². The van der Waals surface area contributed by atoms with Crippen molar-refractivity contribution in [1.82, 2.24) is 0 Å². The summed E-state index contributed by atoms with van der Waals surface area (Å²) >= 11 is 0. The van der Waals surface area contributed by atoms with Gasteiger partial charge in [-0.25, -0.2) is 4.39 Å². The number of carbonyl (C=O) groups is 2. The monoisotopic (exact) mass is 210 g/mol.